The van der Waals surface area contributed by atoms with Crippen LogP contribution in [0.15, 0.2) is 12.4 Å². The number of halogens is 1. The quantitative estimate of drug-likeness (QED) is 0.495. The summed E-state index contributed by atoms with van der Waals surface area (Å²) >= 11 is 2.36. The number of rotatable bonds is 5. The van der Waals surface area contributed by atoms with Crippen LogP contribution in [0.2, 0.25) is 0 Å². The molecule has 1 rings (SSSR count). The molecule has 0 atom stereocenters. The molecular formula is C8H14IN3. The van der Waals surface area contributed by atoms with Crippen molar-refractivity contribution in [2.75, 3.05) is 17.5 Å². The van der Waals surface area contributed by atoms with E-state index >= 15 is 0 Å². The fraction of sp³-hybridized carbons (Fsp3) is 0.625. The third-order valence-electron chi connectivity index (χ3n) is 1.72. The maximum atomic E-state index is 4.23. The van der Waals surface area contributed by atoms with E-state index in [1.54, 1.807) is 0 Å². The van der Waals surface area contributed by atoms with E-state index in [0.717, 1.165) is 25.3 Å². The summed E-state index contributed by atoms with van der Waals surface area (Å²) in [7, 11) is 2.03. The summed E-state index contributed by atoms with van der Waals surface area (Å²) < 4.78 is 3.23. The van der Waals surface area contributed by atoms with E-state index < -0.39 is 0 Å². The number of aromatic nitrogens is 2. The van der Waals surface area contributed by atoms with Crippen LogP contribution >= 0.6 is 22.6 Å². The summed E-state index contributed by atoms with van der Waals surface area (Å²) in [5, 5.41) is 3.34. The zero-order valence-corrected chi connectivity index (χ0v) is 9.41. The Labute approximate surface area is 86.7 Å². The minimum Gasteiger partial charge on any atom is -0.338 e. The van der Waals surface area contributed by atoms with Crippen molar-refractivity contribution in [3.63, 3.8) is 0 Å². The Balaban J connectivity index is 2.20. The summed E-state index contributed by atoms with van der Waals surface area (Å²) in [6, 6.07) is 0. The summed E-state index contributed by atoms with van der Waals surface area (Å²) in [5.74, 6) is 1.15. The fourth-order valence-corrected chi connectivity index (χ4v) is 1.41. The lowest BCUT2D eigenvalue weighted by Crippen LogP contribution is -2.20. The van der Waals surface area contributed by atoms with Gasteiger partial charge in [0.05, 0.1) is 0 Å². The van der Waals surface area contributed by atoms with Crippen molar-refractivity contribution in [1.29, 1.82) is 0 Å². The van der Waals surface area contributed by atoms with E-state index in [-0.39, 0.29) is 0 Å². The molecule has 3 nitrogen and oxygen atoms in total. The molecule has 0 aliphatic carbocycles. The molecule has 0 fully saturated rings. The van der Waals surface area contributed by atoms with Gasteiger partial charge in [-0.25, -0.2) is 4.98 Å². The molecule has 68 valence electrons. The zero-order chi connectivity index (χ0) is 8.81. The molecule has 4 heteroatoms. The average molecular weight is 279 g/mol. The van der Waals surface area contributed by atoms with E-state index in [0.29, 0.717) is 0 Å². The number of imidazole rings is 1. The Kier molecular flexibility index (Phi) is 4.60. The number of nitrogens with zero attached hydrogens (tertiary/aromatic N) is 2. The molecule has 0 aliphatic heterocycles. The van der Waals surface area contributed by atoms with Crippen LogP contribution in [0.3, 0.4) is 0 Å². The highest BCUT2D eigenvalue weighted by molar-refractivity contribution is 14.1. The Morgan fingerprint density at radius 3 is 3.00 bits per heavy atom. The summed E-state index contributed by atoms with van der Waals surface area (Å²) in [5.41, 5.74) is 0. The number of nitrogens with one attached hydrogen (secondary N) is 1. The standard InChI is InChI=1S/C8H14IN3/c1-12-7-6-11-8(12)2-4-10-5-3-9/h6-7,10H,2-5H2,1H3. The molecule has 0 radical (unpaired) electrons. The third kappa shape index (κ3) is 3.10. The Morgan fingerprint density at radius 1 is 1.58 bits per heavy atom. The molecule has 0 spiro atoms. The Hall–Kier alpha value is -0.100. The molecule has 1 N–H and O–H groups in total. The van der Waals surface area contributed by atoms with Crippen molar-refractivity contribution < 1.29 is 0 Å². The zero-order valence-electron chi connectivity index (χ0n) is 7.26. The van der Waals surface area contributed by atoms with Gasteiger partial charge in [0.15, 0.2) is 0 Å². The van der Waals surface area contributed by atoms with Crippen LogP contribution in [0.5, 0.6) is 0 Å². The molecule has 0 unspecified atom stereocenters. The third-order valence-corrected chi connectivity index (χ3v) is 2.26. The molecule has 0 aliphatic rings. The van der Waals surface area contributed by atoms with E-state index in [1.807, 2.05) is 19.4 Å². The number of aryl methyl sites for hydroxylation is 1. The van der Waals surface area contributed by atoms with Gasteiger partial charge in [-0.05, 0) is 0 Å². The highest BCUT2D eigenvalue weighted by Crippen LogP contribution is 1.93. The van der Waals surface area contributed by atoms with Gasteiger partial charge in [-0.3, -0.25) is 0 Å². The molecule has 0 saturated carbocycles. The second-order valence-electron chi connectivity index (χ2n) is 2.64. The van der Waals surface area contributed by atoms with Crippen LogP contribution < -0.4 is 5.32 Å². The van der Waals surface area contributed by atoms with Gasteiger partial charge in [0.2, 0.25) is 0 Å². The van der Waals surface area contributed by atoms with Crippen molar-refractivity contribution >= 4 is 22.6 Å². The fourth-order valence-electron chi connectivity index (χ4n) is 1.03. The van der Waals surface area contributed by atoms with E-state index in [4.69, 9.17) is 0 Å². The minimum atomic E-state index is 1.01. The maximum Gasteiger partial charge on any atom is 0.109 e. The molecule has 1 heterocycles. The van der Waals surface area contributed by atoms with Crippen molar-refractivity contribution in [3.8, 4) is 0 Å². The molecule has 0 saturated heterocycles. The van der Waals surface area contributed by atoms with E-state index in [1.165, 1.54) is 4.43 Å². The second-order valence-corrected chi connectivity index (χ2v) is 3.72. The van der Waals surface area contributed by atoms with Crippen molar-refractivity contribution in [3.05, 3.63) is 18.2 Å². The Bertz CT molecular complexity index is 222. The summed E-state index contributed by atoms with van der Waals surface area (Å²) in [4.78, 5) is 4.23. The normalized spacial score (nSPS) is 10.5. The second kappa shape index (κ2) is 5.53. The van der Waals surface area contributed by atoms with Gasteiger partial charge < -0.3 is 9.88 Å². The van der Waals surface area contributed by atoms with Crippen molar-refractivity contribution in [1.82, 2.24) is 14.9 Å². The highest BCUT2D eigenvalue weighted by atomic mass is 127. The molecule has 12 heavy (non-hydrogen) atoms. The minimum absolute atomic E-state index is 1.01. The first kappa shape index (κ1) is 9.98. The lowest BCUT2D eigenvalue weighted by Gasteiger charge is -2.02. The molecule has 1 aromatic heterocycles. The van der Waals surface area contributed by atoms with Crippen LogP contribution in [0.4, 0.5) is 0 Å². The lowest BCUT2D eigenvalue weighted by atomic mass is 10.4. The number of hydrogen-bond acceptors (Lipinski definition) is 2. The van der Waals surface area contributed by atoms with Crippen molar-refractivity contribution in [2.45, 2.75) is 6.42 Å². The molecule has 0 amide bonds. The van der Waals surface area contributed by atoms with Crippen LogP contribution in [-0.4, -0.2) is 27.1 Å². The van der Waals surface area contributed by atoms with E-state index in [2.05, 4.69) is 37.5 Å². The smallest absolute Gasteiger partial charge is 0.109 e. The number of alkyl halides is 1. The summed E-state index contributed by atoms with van der Waals surface area (Å²) in [6.07, 6.45) is 4.83. The van der Waals surface area contributed by atoms with Gasteiger partial charge in [-0.1, -0.05) is 22.6 Å². The molecular weight excluding hydrogens is 265 g/mol. The highest BCUT2D eigenvalue weighted by Gasteiger charge is 1.96. The first-order valence-electron chi connectivity index (χ1n) is 4.07. The molecule has 0 bridgehead atoms. The topological polar surface area (TPSA) is 29.9 Å². The van der Waals surface area contributed by atoms with Gasteiger partial charge in [0.25, 0.3) is 0 Å². The predicted octanol–water partition coefficient (Wildman–Crippen LogP) is 0.987. The van der Waals surface area contributed by atoms with Crippen LogP contribution in [0.1, 0.15) is 5.82 Å². The van der Waals surface area contributed by atoms with Crippen LogP contribution in [0, 0.1) is 0 Å². The van der Waals surface area contributed by atoms with Gasteiger partial charge in [-0.15, -0.1) is 0 Å². The molecule has 1 aromatic rings. The summed E-state index contributed by atoms with van der Waals surface area (Å²) in [6.45, 7) is 2.11. The maximum absolute atomic E-state index is 4.23. The molecule has 0 aromatic carbocycles. The lowest BCUT2D eigenvalue weighted by molar-refractivity contribution is 0.681. The van der Waals surface area contributed by atoms with Gasteiger partial charge in [0.1, 0.15) is 5.82 Å². The first-order valence-corrected chi connectivity index (χ1v) is 5.60. The first-order chi connectivity index (χ1) is 5.84. The van der Waals surface area contributed by atoms with Gasteiger partial charge >= 0.3 is 0 Å². The van der Waals surface area contributed by atoms with Gasteiger partial charge in [0, 0.05) is 43.4 Å². The largest absolute Gasteiger partial charge is 0.338 e. The number of hydrogen-bond donors (Lipinski definition) is 1. The average Bonchev–Trinajstić information content (AvgIpc) is 2.46. The van der Waals surface area contributed by atoms with E-state index in [9.17, 15) is 0 Å². The van der Waals surface area contributed by atoms with Crippen LogP contribution in [0.25, 0.3) is 0 Å². The predicted molar refractivity (Wildman–Crippen MR) is 58.7 cm³/mol. The van der Waals surface area contributed by atoms with Crippen molar-refractivity contribution in [2.24, 2.45) is 7.05 Å². The SMILES string of the molecule is Cn1ccnc1CCNCCI. The Morgan fingerprint density at radius 2 is 2.42 bits per heavy atom. The van der Waals surface area contributed by atoms with Crippen LogP contribution in [-0.2, 0) is 13.5 Å². The monoisotopic (exact) mass is 279 g/mol. The van der Waals surface area contributed by atoms with Gasteiger partial charge in [-0.2, -0.15) is 0 Å².